The molecule has 6 rings (SSSR count). The van der Waals surface area contributed by atoms with Crippen molar-refractivity contribution in [2.75, 3.05) is 23.3 Å². The van der Waals surface area contributed by atoms with Gasteiger partial charge in [0.1, 0.15) is 0 Å². The molecular weight excluding hydrogens is 411 g/mol. The van der Waals surface area contributed by atoms with Gasteiger partial charge in [0.15, 0.2) is 5.15 Å². The van der Waals surface area contributed by atoms with Crippen LogP contribution in [-0.4, -0.2) is 45.0 Å². The summed E-state index contributed by atoms with van der Waals surface area (Å²) in [5, 5.41) is 9.79. The smallest absolute Gasteiger partial charge is 0.227 e. The average molecular weight is 431 g/mol. The van der Waals surface area contributed by atoms with Gasteiger partial charge in [-0.25, -0.2) is 14.6 Å². The van der Waals surface area contributed by atoms with E-state index < -0.39 is 0 Å². The lowest BCUT2D eigenvalue weighted by Gasteiger charge is -2.34. The lowest BCUT2D eigenvalue weighted by Crippen LogP contribution is -2.42. The Morgan fingerprint density at radius 3 is 2.59 bits per heavy atom. The van der Waals surface area contributed by atoms with Gasteiger partial charge in [-0.05, 0) is 37.8 Å². The summed E-state index contributed by atoms with van der Waals surface area (Å²) >= 11 is 13.1. The van der Waals surface area contributed by atoms with E-state index in [-0.39, 0.29) is 0 Å². The zero-order chi connectivity index (χ0) is 19.5. The fourth-order valence-corrected chi connectivity index (χ4v) is 4.85. The second-order valence-electron chi connectivity index (χ2n) is 8.07. The van der Waals surface area contributed by atoms with Crippen LogP contribution in [0.5, 0.6) is 0 Å². The Kier molecular flexibility index (Phi) is 4.11. The van der Waals surface area contributed by atoms with E-state index in [4.69, 9.17) is 32.9 Å². The first kappa shape index (κ1) is 17.7. The maximum Gasteiger partial charge on any atom is 0.227 e. The molecule has 4 heterocycles. The summed E-state index contributed by atoms with van der Waals surface area (Å²) in [5.74, 6) is 0.491. The molecular formula is C20H20Cl2N6O. The zero-order valence-electron chi connectivity index (χ0n) is 15.7. The van der Waals surface area contributed by atoms with E-state index in [0.29, 0.717) is 29.4 Å². The predicted octanol–water partition coefficient (Wildman–Crippen LogP) is 4.58. The Bertz CT molecular complexity index is 1090. The van der Waals surface area contributed by atoms with Crippen molar-refractivity contribution in [3.8, 4) is 0 Å². The molecule has 1 aromatic carbocycles. The second kappa shape index (κ2) is 6.72. The average Bonchev–Trinajstić information content (AvgIpc) is 3.42. The van der Waals surface area contributed by atoms with Crippen LogP contribution in [0.1, 0.15) is 31.7 Å². The largest absolute Gasteiger partial charge is 0.371 e. The van der Waals surface area contributed by atoms with Gasteiger partial charge in [-0.1, -0.05) is 23.2 Å². The number of halogens is 2. The lowest BCUT2D eigenvalue weighted by molar-refractivity contribution is 0.0305. The monoisotopic (exact) mass is 430 g/mol. The molecule has 1 saturated carbocycles. The molecule has 0 radical (unpaired) electrons. The minimum absolute atomic E-state index is 0.299. The zero-order valence-corrected chi connectivity index (χ0v) is 17.2. The highest BCUT2D eigenvalue weighted by atomic mass is 35.5. The summed E-state index contributed by atoms with van der Waals surface area (Å²) in [6.07, 6.45) is 8.60. The van der Waals surface area contributed by atoms with Gasteiger partial charge in [0.05, 0.1) is 46.4 Å². The van der Waals surface area contributed by atoms with Crippen molar-refractivity contribution in [1.29, 1.82) is 0 Å². The van der Waals surface area contributed by atoms with Gasteiger partial charge in [0.25, 0.3) is 0 Å². The Labute approximate surface area is 178 Å². The van der Waals surface area contributed by atoms with E-state index in [1.165, 1.54) is 0 Å². The molecule has 2 unspecified atom stereocenters. The van der Waals surface area contributed by atoms with E-state index >= 15 is 0 Å². The van der Waals surface area contributed by atoms with Gasteiger partial charge < -0.3 is 15.0 Å². The van der Waals surface area contributed by atoms with E-state index in [1.807, 2.05) is 16.8 Å². The molecule has 0 amide bonds. The van der Waals surface area contributed by atoms with Gasteiger partial charge in [-0.3, -0.25) is 0 Å². The number of rotatable bonds is 4. The van der Waals surface area contributed by atoms with Gasteiger partial charge in [0, 0.05) is 24.7 Å². The third kappa shape index (κ3) is 3.21. The quantitative estimate of drug-likeness (QED) is 0.653. The molecule has 3 aliphatic rings. The normalized spacial score (nSPS) is 23.7. The number of nitrogens with one attached hydrogen (secondary N) is 1. The number of hydrogen-bond acceptors (Lipinski definition) is 6. The maximum absolute atomic E-state index is 6.60. The summed E-state index contributed by atoms with van der Waals surface area (Å²) < 4.78 is 7.81. The predicted molar refractivity (Wildman–Crippen MR) is 113 cm³/mol. The third-order valence-electron chi connectivity index (χ3n) is 5.91. The summed E-state index contributed by atoms with van der Waals surface area (Å²) in [6.45, 7) is 1.74. The SMILES string of the molecule is Clc1cc2cnc(Nc3cnn(C4CC4)c3Cl)nc2cc1N1CC2CCC(C1)O2. The standard InChI is InChI=1S/C20H20Cl2N6O/c21-15-5-11-7-23-20(26-17-8-24-28(19(17)22)12-1-2-12)25-16(11)6-18(15)27-9-13-3-4-14(10-27)29-13/h5-8,12-14H,1-4,9-10H2,(H,23,25,26). The first-order valence-electron chi connectivity index (χ1n) is 10.0. The van der Waals surface area contributed by atoms with Crippen molar-refractivity contribution in [2.45, 2.75) is 43.9 Å². The summed E-state index contributed by atoms with van der Waals surface area (Å²) in [5.41, 5.74) is 2.56. The van der Waals surface area contributed by atoms with Crippen LogP contribution in [0.15, 0.2) is 24.5 Å². The molecule has 3 aromatic rings. The third-order valence-corrected chi connectivity index (χ3v) is 6.59. The molecule has 2 aromatic heterocycles. The molecule has 29 heavy (non-hydrogen) atoms. The minimum Gasteiger partial charge on any atom is -0.371 e. The second-order valence-corrected chi connectivity index (χ2v) is 8.83. The van der Waals surface area contributed by atoms with Crippen molar-refractivity contribution >= 4 is 51.4 Å². The number of hydrogen-bond donors (Lipinski definition) is 1. The van der Waals surface area contributed by atoms with E-state index in [2.05, 4.69) is 20.3 Å². The minimum atomic E-state index is 0.299. The molecule has 3 fully saturated rings. The number of aromatic nitrogens is 4. The van der Waals surface area contributed by atoms with Crippen LogP contribution in [0.2, 0.25) is 10.2 Å². The van der Waals surface area contributed by atoms with Crippen LogP contribution in [0.4, 0.5) is 17.3 Å². The Morgan fingerprint density at radius 2 is 1.83 bits per heavy atom. The number of ether oxygens (including phenoxy) is 1. The number of anilines is 3. The van der Waals surface area contributed by atoms with Gasteiger partial charge in [-0.15, -0.1) is 0 Å². The highest BCUT2D eigenvalue weighted by molar-refractivity contribution is 6.34. The molecule has 2 saturated heterocycles. The Balaban J connectivity index is 1.31. The molecule has 0 spiro atoms. The van der Waals surface area contributed by atoms with Crippen LogP contribution in [0.3, 0.4) is 0 Å². The molecule has 9 heteroatoms. The fourth-order valence-electron chi connectivity index (χ4n) is 4.28. The van der Waals surface area contributed by atoms with E-state index in [1.54, 1.807) is 12.4 Å². The summed E-state index contributed by atoms with van der Waals surface area (Å²) in [7, 11) is 0. The van der Waals surface area contributed by atoms with Crippen LogP contribution < -0.4 is 10.2 Å². The van der Waals surface area contributed by atoms with Crippen molar-refractivity contribution < 1.29 is 4.74 Å². The first-order valence-corrected chi connectivity index (χ1v) is 10.8. The van der Waals surface area contributed by atoms with Crippen LogP contribution in [-0.2, 0) is 4.74 Å². The van der Waals surface area contributed by atoms with Crippen molar-refractivity contribution in [2.24, 2.45) is 0 Å². The van der Waals surface area contributed by atoms with E-state index in [9.17, 15) is 0 Å². The molecule has 2 aliphatic heterocycles. The van der Waals surface area contributed by atoms with E-state index in [0.717, 1.165) is 66.1 Å². The molecule has 2 atom stereocenters. The highest BCUT2D eigenvalue weighted by Crippen LogP contribution is 2.39. The molecule has 1 aliphatic carbocycles. The van der Waals surface area contributed by atoms with Crippen molar-refractivity contribution in [3.05, 3.63) is 34.7 Å². The van der Waals surface area contributed by atoms with Crippen LogP contribution >= 0.6 is 23.2 Å². The Morgan fingerprint density at radius 1 is 1.03 bits per heavy atom. The molecule has 7 nitrogen and oxygen atoms in total. The first-order chi connectivity index (χ1) is 14.1. The van der Waals surface area contributed by atoms with Crippen LogP contribution in [0.25, 0.3) is 10.9 Å². The van der Waals surface area contributed by atoms with Gasteiger partial charge in [0.2, 0.25) is 5.95 Å². The molecule has 1 N–H and O–H groups in total. The lowest BCUT2D eigenvalue weighted by atomic mass is 10.2. The number of morpholine rings is 1. The van der Waals surface area contributed by atoms with Crippen molar-refractivity contribution in [3.63, 3.8) is 0 Å². The highest BCUT2D eigenvalue weighted by Gasteiger charge is 2.34. The van der Waals surface area contributed by atoms with Gasteiger partial charge >= 0.3 is 0 Å². The topological polar surface area (TPSA) is 68.1 Å². The number of fused-ring (bicyclic) bond motifs is 3. The maximum atomic E-state index is 6.60. The summed E-state index contributed by atoms with van der Waals surface area (Å²) in [4.78, 5) is 11.4. The van der Waals surface area contributed by atoms with Crippen molar-refractivity contribution in [1.82, 2.24) is 19.7 Å². The molecule has 2 bridgehead atoms. The number of nitrogens with zero attached hydrogens (tertiary/aromatic N) is 5. The molecule has 150 valence electrons. The Hall–Kier alpha value is -2.09. The fraction of sp³-hybridized carbons (Fsp3) is 0.450. The van der Waals surface area contributed by atoms with Crippen LogP contribution in [0, 0.1) is 0 Å². The number of benzene rings is 1. The summed E-state index contributed by atoms with van der Waals surface area (Å²) in [6, 6.07) is 4.40. The van der Waals surface area contributed by atoms with Gasteiger partial charge in [-0.2, -0.15) is 5.10 Å².